The summed E-state index contributed by atoms with van der Waals surface area (Å²) in [7, 11) is 3.01. The van der Waals surface area contributed by atoms with E-state index in [0.717, 1.165) is 0 Å². The smallest absolute Gasteiger partial charge is 0.193 e. The molecule has 0 aromatic heterocycles. The summed E-state index contributed by atoms with van der Waals surface area (Å²) in [6.45, 7) is 0. The third-order valence-electron chi connectivity index (χ3n) is 2.79. The van der Waals surface area contributed by atoms with Crippen molar-refractivity contribution in [2.24, 2.45) is 0 Å². The van der Waals surface area contributed by atoms with Crippen LogP contribution in [0, 0.1) is 0 Å². The first kappa shape index (κ1) is 13.0. The standard InChI is InChI=1S/C15H14O4/c1-18-12-6-3-10(4-7-12)15(17)11-5-8-13(16)14(9-11)19-2/h3-9,16H,1-2H3. The Morgan fingerprint density at radius 3 is 2.16 bits per heavy atom. The van der Waals surface area contributed by atoms with Gasteiger partial charge in [-0.3, -0.25) is 4.79 Å². The predicted molar refractivity (Wildman–Crippen MR) is 71.1 cm³/mol. The summed E-state index contributed by atoms with van der Waals surface area (Å²) in [5.74, 6) is 0.842. The first-order valence-corrected chi connectivity index (χ1v) is 5.71. The topological polar surface area (TPSA) is 55.8 Å². The highest BCUT2D eigenvalue weighted by Crippen LogP contribution is 2.27. The number of ketones is 1. The molecule has 0 aliphatic carbocycles. The third kappa shape index (κ3) is 2.68. The molecular formula is C15H14O4. The minimum Gasteiger partial charge on any atom is -0.504 e. The Morgan fingerprint density at radius 2 is 1.58 bits per heavy atom. The number of ether oxygens (including phenoxy) is 2. The van der Waals surface area contributed by atoms with Crippen LogP contribution in [0.1, 0.15) is 15.9 Å². The van der Waals surface area contributed by atoms with Gasteiger partial charge in [0, 0.05) is 11.1 Å². The highest BCUT2D eigenvalue weighted by Gasteiger charge is 2.12. The Bertz CT molecular complexity index is 588. The van der Waals surface area contributed by atoms with Gasteiger partial charge in [0.25, 0.3) is 0 Å². The quantitative estimate of drug-likeness (QED) is 0.856. The van der Waals surface area contributed by atoms with Crippen LogP contribution in [0.2, 0.25) is 0 Å². The van der Waals surface area contributed by atoms with Gasteiger partial charge in [-0.2, -0.15) is 0 Å². The number of hydrogen-bond acceptors (Lipinski definition) is 4. The van der Waals surface area contributed by atoms with Crippen molar-refractivity contribution < 1.29 is 19.4 Å². The lowest BCUT2D eigenvalue weighted by molar-refractivity contribution is 0.103. The van der Waals surface area contributed by atoms with Crippen LogP contribution in [0.25, 0.3) is 0 Å². The van der Waals surface area contributed by atoms with Gasteiger partial charge in [-0.1, -0.05) is 0 Å². The molecule has 4 nitrogen and oxygen atoms in total. The molecule has 0 amide bonds. The van der Waals surface area contributed by atoms with E-state index in [9.17, 15) is 9.90 Å². The van der Waals surface area contributed by atoms with Crippen LogP contribution in [0.15, 0.2) is 42.5 Å². The molecule has 0 fully saturated rings. The van der Waals surface area contributed by atoms with Gasteiger partial charge in [0.2, 0.25) is 0 Å². The molecule has 0 aliphatic heterocycles. The number of phenols is 1. The van der Waals surface area contributed by atoms with Crippen molar-refractivity contribution in [2.45, 2.75) is 0 Å². The van der Waals surface area contributed by atoms with E-state index in [0.29, 0.717) is 16.9 Å². The van der Waals surface area contributed by atoms with E-state index in [1.165, 1.54) is 19.2 Å². The van der Waals surface area contributed by atoms with Gasteiger partial charge in [0.1, 0.15) is 5.75 Å². The Balaban J connectivity index is 2.32. The van der Waals surface area contributed by atoms with Crippen LogP contribution in [-0.2, 0) is 0 Å². The molecule has 0 aliphatic rings. The molecular weight excluding hydrogens is 244 g/mol. The van der Waals surface area contributed by atoms with Gasteiger partial charge < -0.3 is 14.6 Å². The normalized spacial score (nSPS) is 10.0. The second kappa shape index (κ2) is 5.44. The highest BCUT2D eigenvalue weighted by molar-refractivity contribution is 6.09. The number of benzene rings is 2. The van der Waals surface area contributed by atoms with E-state index < -0.39 is 0 Å². The second-order valence-corrected chi connectivity index (χ2v) is 3.94. The van der Waals surface area contributed by atoms with Crippen molar-refractivity contribution in [1.29, 1.82) is 0 Å². The van der Waals surface area contributed by atoms with Crippen LogP contribution in [0.4, 0.5) is 0 Å². The van der Waals surface area contributed by atoms with Crippen molar-refractivity contribution in [3.63, 3.8) is 0 Å². The lowest BCUT2D eigenvalue weighted by Gasteiger charge is -2.06. The van der Waals surface area contributed by atoms with Gasteiger partial charge in [0.15, 0.2) is 17.3 Å². The van der Waals surface area contributed by atoms with Crippen molar-refractivity contribution >= 4 is 5.78 Å². The second-order valence-electron chi connectivity index (χ2n) is 3.94. The number of carbonyl (C=O) groups is 1. The first-order chi connectivity index (χ1) is 9.15. The van der Waals surface area contributed by atoms with E-state index in [2.05, 4.69) is 0 Å². The van der Waals surface area contributed by atoms with E-state index in [1.54, 1.807) is 37.4 Å². The average Bonchev–Trinajstić information content (AvgIpc) is 2.47. The maximum Gasteiger partial charge on any atom is 0.193 e. The molecule has 0 bridgehead atoms. The SMILES string of the molecule is COc1ccc(C(=O)c2ccc(O)c(OC)c2)cc1. The lowest BCUT2D eigenvalue weighted by Crippen LogP contribution is -2.01. The fraction of sp³-hybridized carbons (Fsp3) is 0.133. The molecule has 0 unspecified atom stereocenters. The molecule has 0 radical (unpaired) electrons. The molecule has 0 saturated carbocycles. The first-order valence-electron chi connectivity index (χ1n) is 5.71. The van der Waals surface area contributed by atoms with Crippen LogP contribution in [-0.4, -0.2) is 25.1 Å². The van der Waals surface area contributed by atoms with Crippen molar-refractivity contribution in [3.05, 3.63) is 53.6 Å². The van der Waals surface area contributed by atoms with Gasteiger partial charge in [-0.25, -0.2) is 0 Å². The molecule has 2 aromatic carbocycles. The maximum atomic E-state index is 12.2. The molecule has 0 atom stereocenters. The Kier molecular flexibility index (Phi) is 3.71. The zero-order valence-electron chi connectivity index (χ0n) is 10.7. The summed E-state index contributed by atoms with van der Waals surface area (Å²) in [6.07, 6.45) is 0. The zero-order chi connectivity index (χ0) is 13.8. The number of hydrogen-bond donors (Lipinski definition) is 1. The van der Waals surface area contributed by atoms with E-state index in [4.69, 9.17) is 9.47 Å². The molecule has 1 N–H and O–H groups in total. The molecule has 2 rings (SSSR count). The van der Waals surface area contributed by atoms with Gasteiger partial charge in [-0.15, -0.1) is 0 Å². The largest absolute Gasteiger partial charge is 0.504 e. The third-order valence-corrected chi connectivity index (χ3v) is 2.79. The summed E-state index contributed by atoms with van der Waals surface area (Å²) in [5.41, 5.74) is 1.01. The average molecular weight is 258 g/mol. The van der Waals surface area contributed by atoms with Crippen LogP contribution in [0.3, 0.4) is 0 Å². The Labute approximate surface area is 111 Å². The minimum atomic E-state index is -0.138. The van der Waals surface area contributed by atoms with Crippen molar-refractivity contribution in [1.82, 2.24) is 0 Å². The predicted octanol–water partition coefficient (Wildman–Crippen LogP) is 2.64. The van der Waals surface area contributed by atoms with Crippen molar-refractivity contribution in [3.8, 4) is 17.2 Å². The summed E-state index contributed by atoms with van der Waals surface area (Å²) < 4.78 is 10.0. The number of phenolic OH excluding ortho intramolecular Hbond substituents is 1. The molecule has 0 heterocycles. The number of rotatable bonds is 4. The summed E-state index contributed by atoms with van der Waals surface area (Å²) >= 11 is 0. The Morgan fingerprint density at radius 1 is 0.947 bits per heavy atom. The van der Waals surface area contributed by atoms with E-state index in [-0.39, 0.29) is 17.3 Å². The fourth-order valence-electron chi connectivity index (χ4n) is 1.73. The van der Waals surface area contributed by atoms with E-state index in [1.807, 2.05) is 0 Å². The highest BCUT2D eigenvalue weighted by atomic mass is 16.5. The van der Waals surface area contributed by atoms with Gasteiger partial charge >= 0.3 is 0 Å². The Hall–Kier alpha value is -2.49. The molecule has 4 heteroatoms. The number of carbonyl (C=O) groups excluding carboxylic acids is 1. The zero-order valence-corrected chi connectivity index (χ0v) is 10.7. The van der Waals surface area contributed by atoms with Crippen LogP contribution >= 0.6 is 0 Å². The molecule has 19 heavy (non-hydrogen) atoms. The van der Waals surface area contributed by atoms with E-state index >= 15 is 0 Å². The molecule has 0 spiro atoms. The monoisotopic (exact) mass is 258 g/mol. The summed E-state index contributed by atoms with van der Waals surface area (Å²) in [4.78, 5) is 12.2. The van der Waals surface area contributed by atoms with Crippen molar-refractivity contribution in [2.75, 3.05) is 14.2 Å². The summed E-state index contributed by atoms with van der Waals surface area (Å²) in [6, 6.07) is 11.4. The number of aromatic hydroxyl groups is 1. The van der Waals surface area contributed by atoms with Gasteiger partial charge in [-0.05, 0) is 42.5 Å². The fourth-order valence-corrected chi connectivity index (χ4v) is 1.73. The minimum absolute atomic E-state index is 0.00813. The maximum absolute atomic E-state index is 12.2. The summed E-state index contributed by atoms with van der Waals surface area (Å²) in [5, 5.41) is 9.50. The van der Waals surface area contributed by atoms with Crippen LogP contribution < -0.4 is 9.47 Å². The van der Waals surface area contributed by atoms with Crippen LogP contribution in [0.5, 0.6) is 17.2 Å². The molecule has 98 valence electrons. The molecule has 0 saturated heterocycles. The van der Waals surface area contributed by atoms with Gasteiger partial charge in [0.05, 0.1) is 14.2 Å². The number of methoxy groups -OCH3 is 2. The lowest BCUT2D eigenvalue weighted by atomic mass is 10.0. The molecule has 2 aromatic rings.